The summed E-state index contributed by atoms with van der Waals surface area (Å²) in [6, 6.07) is 16.5. The van der Waals surface area contributed by atoms with Gasteiger partial charge in [-0.05, 0) is 65.2 Å². The average molecular weight is 397 g/mol. The largest absolute Gasteiger partial charge is 0.323 e. The van der Waals surface area contributed by atoms with Gasteiger partial charge >= 0.3 is 0 Å². The maximum absolute atomic E-state index is 13.4. The molecule has 0 radical (unpaired) electrons. The number of hydrogen-bond donors (Lipinski definition) is 1. The van der Waals surface area contributed by atoms with Crippen molar-refractivity contribution >= 4 is 46.1 Å². The number of rotatable bonds is 4. The van der Waals surface area contributed by atoms with Crippen LogP contribution in [0, 0.1) is 6.92 Å². The van der Waals surface area contributed by atoms with Crippen LogP contribution in [0.2, 0.25) is 5.02 Å². The predicted molar refractivity (Wildman–Crippen MR) is 109 cm³/mol. The fourth-order valence-corrected chi connectivity index (χ4v) is 4.29. The number of thiophene rings is 1. The van der Waals surface area contributed by atoms with Crippen LogP contribution in [0.4, 0.5) is 11.4 Å². The molecule has 6 heteroatoms. The lowest BCUT2D eigenvalue weighted by atomic mass is 9.77. The molecule has 3 aromatic rings. The van der Waals surface area contributed by atoms with Gasteiger partial charge in [0.1, 0.15) is 0 Å². The molecule has 1 saturated heterocycles. The molecule has 0 aliphatic carbocycles. The molecule has 4 nitrogen and oxygen atoms in total. The van der Waals surface area contributed by atoms with E-state index in [1.54, 1.807) is 29.2 Å². The molecule has 1 fully saturated rings. The van der Waals surface area contributed by atoms with Gasteiger partial charge in [0.05, 0.1) is 6.42 Å². The van der Waals surface area contributed by atoms with Crippen LogP contribution < -0.4 is 10.2 Å². The third-order valence-corrected chi connectivity index (χ3v) is 5.83. The van der Waals surface area contributed by atoms with Gasteiger partial charge in [-0.3, -0.25) is 14.5 Å². The Bertz CT molecular complexity index is 1000. The summed E-state index contributed by atoms with van der Waals surface area (Å²) in [4.78, 5) is 27.6. The van der Waals surface area contributed by atoms with Crippen molar-refractivity contribution in [3.8, 4) is 0 Å². The fourth-order valence-electron chi connectivity index (χ4n) is 3.44. The van der Waals surface area contributed by atoms with Gasteiger partial charge in [-0.25, -0.2) is 0 Å². The van der Waals surface area contributed by atoms with Crippen molar-refractivity contribution in [3.05, 3.63) is 81.5 Å². The molecule has 2 heterocycles. The molecule has 2 aromatic carbocycles. The highest BCUT2D eigenvalue weighted by molar-refractivity contribution is 7.08. The second-order valence-corrected chi connectivity index (χ2v) is 7.74. The quantitative estimate of drug-likeness (QED) is 0.632. The minimum atomic E-state index is -1.06. The molecule has 4 rings (SSSR count). The van der Waals surface area contributed by atoms with Gasteiger partial charge in [0.25, 0.3) is 5.91 Å². The zero-order valence-corrected chi connectivity index (χ0v) is 16.2. The van der Waals surface area contributed by atoms with Crippen LogP contribution in [0.1, 0.15) is 17.5 Å². The van der Waals surface area contributed by atoms with Crippen LogP contribution in [0.3, 0.4) is 0 Å². The van der Waals surface area contributed by atoms with E-state index in [9.17, 15) is 9.59 Å². The first-order valence-electron chi connectivity index (χ1n) is 8.51. The number of amides is 2. The van der Waals surface area contributed by atoms with Crippen LogP contribution in [0.15, 0.2) is 65.4 Å². The molecule has 136 valence electrons. The van der Waals surface area contributed by atoms with E-state index >= 15 is 0 Å². The maximum atomic E-state index is 13.4. The third-order valence-electron chi connectivity index (χ3n) is 4.89. The van der Waals surface area contributed by atoms with E-state index in [0.717, 1.165) is 16.8 Å². The van der Waals surface area contributed by atoms with E-state index in [-0.39, 0.29) is 18.2 Å². The SMILES string of the molecule is Cc1ccccc1NC(=O)C1(c2ccsc2)CC(=O)N1c1ccc(Cl)cc1. The molecule has 0 spiro atoms. The predicted octanol–water partition coefficient (Wildman–Crippen LogP) is 4.98. The van der Waals surface area contributed by atoms with E-state index in [4.69, 9.17) is 11.6 Å². The Kier molecular flexibility index (Phi) is 4.50. The smallest absolute Gasteiger partial charge is 0.255 e. The van der Waals surface area contributed by atoms with Gasteiger partial charge in [0, 0.05) is 16.4 Å². The second kappa shape index (κ2) is 6.83. The highest BCUT2D eigenvalue weighted by atomic mass is 35.5. The molecule has 1 aliphatic heterocycles. The van der Waals surface area contributed by atoms with E-state index < -0.39 is 5.54 Å². The standard InChI is InChI=1S/C21H17ClN2O2S/c1-14-4-2-3-5-18(14)23-20(26)21(15-10-11-27-13-15)12-19(25)24(21)17-8-6-16(22)7-9-17/h2-11,13H,12H2,1H3,(H,23,26). The van der Waals surface area contributed by atoms with Crippen molar-refractivity contribution in [3.63, 3.8) is 0 Å². The van der Waals surface area contributed by atoms with E-state index in [0.29, 0.717) is 10.7 Å². The number of nitrogens with zero attached hydrogens (tertiary/aromatic N) is 1. The first-order valence-corrected chi connectivity index (χ1v) is 9.83. The molecular formula is C21H17ClN2O2S. The second-order valence-electron chi connectivity index (χ2n) is 6.52. The molecule has 1 N–H and O–H groups in total. The first kappa shape index (κ1) is 17.8. The number of aryl methyl sites for hydroxylation is 1. The maximum Gasteiger partial charge on any atom is 0.255 e. The summed E-state index contributed by atoms with van der Waals surface area (Å²) in [5, 5.41) is 7.44. The summed E-state index contributed by atoms with van der Waals surface area (Å²) in [7, 11) is 0. The van der Waals surface area contributed by atoms with Gasteiger partial charge in [0.2, 0.25) is 5.91 Å². The zero-order chi connectivity index (χ0) is 19.0. The molecule has 0 saturated carbocycles. The lowest BCUT2D eigenvalue weighted by Crippen LogP contribution is -2.67. The number of nitrogens with one attached hydrogen (secondary N) is 1. The normalized spacial score (nSPS) is 18.9. The minimum absolute atomic E-state index is 0.0940. The fraction of sp³-hybridized carbons (Fsp3) is 0.143. The number of para-hydroxylation sites is 1. The lowest BCUT2D eigenvalue weighted by Gasteiger charge is -2.50. The summed E-state index contributed by atoms with van der Waals surface area (Å²) in [6.45, 7) is 1.94. The molecule has 1 atom stereocenters. The molecular weight excluding hydrogens is 380 g/mol. The van der Waals surface area contributed by atoms with Gasteiger partial charge in [-0.2, -0.15) is 11.3 Å². The van der Waals surface area contributed by atoms with Crippen molar-refractivity contribution in [2.75, 3.05) is 10.2 Å². The molecule has 1 unspecified atom stereocenters. The van der Waals surface area contributed by atoms with Crippen molar-refractivity contribution in [2.24, 2.45) is 0 Å². The zero-order valence-electron chi connectivity index (χ0n) is 14.6. The first-order chi connectivity index (χ1) is 13.0. The molecule has 2 amide bonds. The Morgan fingerprint density at radius 2 is 1.89 bits per heavy atom. The van der Waals surface area contributed by atoms with Gasteiger partial charge in [-0.1, -0.05) is 29.8 Å². The van der Waals surface area contributed by atoms with Crippen molar-refractivity contribution in [1.82, 2.24) is 0 Å². The van der Waals surface area contributed by atoms with Crippen LogP contribution in [0.25, 0.3) is 0 Å². The van der Waals surface area contributed by atoms with E-state index in [2.05, 4.69) is 5.32 Å². The number of halogens is 1. The third kappa shape index (κ3) is 2.93. The number of hydrogen-bond acceptors (Lipinski definition) is 3. The molecule has 27 heavy (non-hydrogen) atoms. The van der Waals surface area contributed by atoms with E-state index in [1.165, 1.54) is 11.3 Å². The average Bonchev–Trinajstić information content (AvgIpc) is 3.17. The van der Waals surface area contributed by atoms with Crippen molar-refractivity contribution < 1.29 is 9.59 Å². The molecule has 1 aromatic heterocycles. The van der Waals surface area contributed by atoms with Crippen molar-refractivity contribution in [1.29, 1.82) is 0 Å². The summed E-state index contributed by atoms with van der Waals surface area (Å²) in [6.07, 6.45) is 0.129. The number of benzene rings is 2. The number of carbonyl (C=O) groups excluding carboxylic acids is 2. The number of carbonyl (C=O) groups is 2. The summed E-state index contributed by atoms with van der Waals surface area (Å²) >= 11 is 7.50. The van der Waals surface area contributed by atoms with Crippen LogP contribution >= 0.6 is 22.9 Å². The highest BCUT2D eigenvalue weighted by Crippen LogP contribution is 2.46. The molecule has 1 aliphatic rings. The van der Waals surface area contributed by atoms with Gasteiger partial charge < -0.3 is 5.32 Å². The molecule has 0 bridgehead atoms. The Labute approximate surface area is 166 Å². The van der Waals surface area contributed by atoms with Gasteiger partial charge in [-0.15, -0.1) is 0 Å². The summed E-state index contributed by atoms with van der Waals surface area (Å²) in [5.74, 6) is -0.312. The topological polar surface area (TPSA) is 49.4 Å². The highest BCUT2D eigenvalue weighted by Gasteiger charge is 2.58. The summed E-state index contributed by atoms with van der Waals surface area (Å²) in [5.41, 5.74) is 2.12. The number of β-lactam (4-membered cyclic amide) rings is 1. The van der Waals surface area contributed by atoms with Crippen LogP contribution in [-0.2, 0) is 15.1 Å². The Morgan fingerprint density at radius 1 is 1.15 bits per heavy atom. The summed E-state index contributed by atoms with van der Waals surface area (Å²) < 4.78 is 0. The van der Waals surface area contributed by atoms with Crippen LogP contribution in [0.5, 0.6) is 0 Å². The minimum Gasteiger partial charge on any atom is -0.323 e. The monoisotopic (exact) mass is 396 g/mol. The number of anilines is 2. The van der Waals surface area contributed by atoms with E-state index in [1.807, 2.05) is 48.0 Å². The Balaban J connectivity index is 1.77. The van der Waals surface area contributed by atoms with Gasteiger partial charge in [0.15, 0.2) is 5.54 Å². The Hall–Kier alpha value is -2.63. The lowest BCUT2D eigenvalue weighted by molar-refractivity contribution is -0.137. The van der Waals surface area contributed by atoms with Crippen LogP contribution in [-0.4, -0.2) is 11.8 Å². The Morgan fingerprint density at radius 3 is 2.52 bits per heavy atom. The van der Waals surface area contributed by atoms with Crippen molar-refractivity contribution in [2.45, 2.75) is 18.9 Å².